The Morgan fingerprint density at radius 3 is 2.93 bits per heavy atom. The second kappa shape index (κ2) is 5.20. The van der Waals surface area contributed by atoms with Crippen LogP contribution in [0.4, 0.5) is 0 Å². The minimum atomic E-state index is -0.534. The molecule has 0 saturated carbocycles. The van der Waals surface area contributed by atoms with E-state index in [1.165, 1.54) is 0 Å². The molecule has 0 aliphatic carbocycles. The molecule has 4 nitrogen and oxygen atoms in total. The summed E-state index contributed by atoms with van der Waals surface area (Å²) in [4.78, 5) is 11.4. The molecular weight excluding hydrogens is 190 g/mol. The van der Waals surface area contributed by atoms with Crippen molar-refractivity contribution in [1.29, 1.82) is 5.26 Å². The third-order valence-corrected chi connectivity index (χ3v) is 2.24. The second-order valence-corrected chi connectivity index (χ2v) is 3.49. The smallest absolute Gasteiger partial charge is 0.237 e. The molecule has 0 aliphatic rings. The minimum absolute atomic E-state index is 0.191. The van der Waals surface area contributed by atoms with Crippen molar-refractivity contribution >= 4 is 5.91 Å². The van der Waals surface area contributed by atoms with Gasteiger partial charge in [-0.3, -0.25) is 4.79 Å². The summed E-state index contributed by atoms with van der Waals surface area (Å²) in [5.41, 5.74) is 1.04. The van der Waals surface area contributed by atoms with Gasteiger partial charge in [-0.25, -0.2) is 0 Å². The van der Waals surface area contributed by atoms with E-state index in [0.717, 1.165) is 5.56 Å². The van der Waals surface area contributed by atoms with Crippen molar-refractivity contribution in [2.24, 2.45) is 13.0 Å². The zero-order chi connectivity index (χ0) is 11.3. The molecule has 4 heteroatoms. The van der Waals surface area contributed by atoms with E-state index in [4.69, 9.17) is 5.26 Å². The number of rotatable bonds is 4. The average molecular weight is 205 g/mol. The molecular formula is C11H15N3O. The van der Waals surface area contributed by atoms with Gasteiger partial charge in [0.05, 0.1) is 6.07 Å². The summed E-state index contributed by atoms with van der Waals surface area (Å²) >= 11 is 0. The first-order chi connectivity index (χ1) is 7.17. The Hall–Kier alpha value is -1.76. The van der Waals surface area contributed by atoms with Crippen molar-refractivity contribution in [3.8, 4) is 6.07 Å². The van der Waals surface area contributed by atoms with Crippen LogP contribution in [0.5, 0.6) is 0 Å². The number of hydrogen-bond acceptors (Lipinski definition) is 2. The molecule has 80 valence electrons. The van der Waals surface area contributed by atoms with Gasteiger partial charge in [0, 0.05) is 26.0 Å². The molecule has 15 heavy (non-hydrogen) atoms. The van der Waals surface area contributed by atoms with Crippen molar-refractivity contribution in [3.05, 3.63) is 24.0 Å². The van der Waals surface area contributed by atoms with Crippen LogP contribution in [0.1, 0.15) is 18.9 Å². The Balaban J connectivity index is 2.44. The minimum Gasteiger partial charge on any atom is -0.357 e. The fraction of sp³-hybridized carbons (Fsp3) is 0.455. The van der Waals surface area contributed by atoms with E-state index < -0.39 is 5.92 Å². The van der Waals surface area contributed by atoms with Crippen LogP contribution < -0.4 is 5.32 Å². The molecule has 0 aliphatic heterocycles. The van der Waals surface area contributed by atoms with Crippen LogP contribution >= 0.6 is 0 Å². The fourth-order valence-corrected chi connectivity index (χ4v) is 1.31. The van der Waals surface area contributed by atoms with Gasteiger partial charge in [-0.2, -0.15) is 5.26 Å². The number of aryl methyl sites for hydroxylation is 1. The monoisotopic (exact) mass is 205 g/mol. The first-order valence-corrected chi connectivity index (χ1v) is 4.95. The molecule has 1 N–H and O–H groups in total. The van der Waals surface area contributed by atoms with Crippen LogP contribution in [-0.2, 0) is 18.4 Å². The Morgan fingerprint density at radius 1 is 1.73 bits per heavy atom. The topological polar surface area (TPSA) is 57.8 Å². The Bertz CT molecular complexity index is 375. The van der Waals surface area contributed by atoms with E-state index in [2.05, 4.69) is 5.32 Å². The molecule has 1 aromatic rings. The van der Waals surface area contributed by atoms with E-state index >= 15 is 0 Å². The number of carbonyl (C=O) groups excluding carboxylic acids is 1. The maximum absolute atomic E-state index is 11.4. The van der Waals surface area contributed by atoms with E-state index in [-0.39, 0.29) is 5.91 Å². The van der Waals surface area contributed by atoms with E-state index in [9.17, 15) is 4.79 Å². The number of hydrogen-bond donors (Lipinski definition) is 1. The summed E-state index contributed by atoms with van der Waals surface area (Å²) in [6, 6.07) is 3.91. The highest BCUT2D eigenvalue weighted by Crippen LogP contribution is 2.02. The fourth-order valence-electron chi connectivity index (χ4n) is 1.31. The largest absolute Gasteiger partial charge is 0.357 e. The summed E-state index contributed by atoms with van der Waals surface area (Å²) < 4.78 is 1.92. The number of nitrogens with one attached hydrogen (secondary N) is 1. The Labute approximate surface area is 89.5 Å². The number of amides is 1. The van der Waals surface area contributed by atoms with Gasteiger partial charge < -0.3 is 9.88 Å². The summed E-state index contributed by atoms with van der Waals surface area (Å²) in [6.45, 7) is 2.31. The normalized spacial score (nSPS) is 11.8. The van der Waals surface area contributed by atoms with Gasteiger partial charge >= 0.3 is 0 Å². The van der Waals surface area contributed by atoms with Gasteiger partial charge in [0.1, 0.15) is 5.92 Å². The van der Waals surface area contributed by atoms with Crippen LogP contribution in [-0.4, -0.2) is 10.5 Å². The van der Waals surface area contributed by atoms with Gasteiger partial charge in [0.2, 0.25) is 5.91 Å². The van der Waals surface area contributed by atoms with Crippen LogP contribution in [0, 0.1) is 17.2 Å². The number of aromatic nitrogens is 1. The maximum atomic E-state index is 11.4. The lowest BCUT2D eigenvalue weighted by molar-refractivity contribution is -0.123. The summed E-state index contributed by atoms with van der Waals surface area (Å²) in [5, 5.41) is 11.4. The molecule has 1 heterocycles. The van der Waals surface area contributed by atoms with Crippen molar-refractivity contribution in [2.75, 3.05) is 0 Å². The summed E-state index contributed by atoms with van der Waals surface area (Å²) in [5.74, 6) is -0.724. The van der Waals surface area contributed by atoms with Gasteiger partial charge in [-0.15, -0.1) is 0 Å². The summed E-state index contributed by atoms with van der Waals surface area (Å²) in [6.07, 6.45) is 4.41. The first-order valence-electron chi connectivity index (χ1n) is 4.95. The average Bonchev–Trinajstić information content (AvgIpc) is 2.63. The Kier molecular flexibility index (Phi) is 3.92. The van der Waals surface area contributed by atoms with Crippen molar-refractivity contribution in [2.45, 2.75) is 19.9 Å². The zero-order valence-corrected chi connectivity index (χ0v) is 9.03. The molecule has 1 aromatic heterocycles. The molecule has 0 aromatic carbocycles. The molecule has 1 rings (SSSR count). The van der Waals surface area contributed by atoms with E-state index in [1.54, 1.807) is 0 Å². The third-order valence-electron chi connectivity index (χ3n) is 2.24. The van der Waals surface area contributed by atoms with Crippen LogP contribution in [0.3, 0.4) is 0 Å². The SMILES string of the molecule is CCC(C#N)C(=O)NCc1ccn(C)c1. The highest BCUT2D eigenvalue weighted by atomic mass is 16.1. The van der Waals surface area contributed by atoms with Gasteiger partial charge in [0.25, 0.3) is 0 Å². The van der Waals surface area contributed by atoms with E-state index in [1.807, 2.05) is 43.1 Å². The van der Waals surface area contributed by atoms with Crippen LogP contribution in [0.15, 0.2) is 18.5 Å². The lowest BCUT2D eigenvalue weighted by Crippen LogP contribution is -2.29. The van der Waals surface area contributed by atoms with Crippen molar-refractivity contribution < 1.29 is 4.79 Å². The maximum Gasteiger partial charge on any atom is 0.237 e. The lowest BCUT2D eigenvalue weighted by atomic mass is 10.1. The first kappa shape index (κ1) is 11.3. The predicted molar refractivity (Wildman–Crippen MR) is 56.7 cm³/mol. The van der Waals surface area contributed by atoms with E-state index in [0.29, 0.717) is 13.0 Å². The number of nitrogens with zero attached hydrogens (tertiary/aromatic N) is 2. The molecule has 0 spiro atoms. The van der Waals surface area contributed by atoms with Gasteiger partial charge in [-0.05, 0) is 18.1 Å². The molecule has 0 bridgehead atoms. The summed E-state index contributed by atoms with van der Waals surface area (Å²) in [7, 11) is 1.93. The highest BCUT2D eigenvalue weighted by Gasteiger charge is 2.14. The number of nitriles is 1. The molecule has 0 saturated heterocycles. The molecule has 1 unspecified atom stereocenters. The standard InChI is InChI=1S/C11H15N3O/c1-3-10(6-12)11(15)13-7-9-4-5-14(2)8-9/h4-5,8,10H,3,7H2,1-2H3,(H,13,15). The molecule has 1 atom stereocenters. The third kappa shape index (κ3) is 3.13. The lowest BCUT2D eigenvalue weighted by Gasteiger charge is -2.06. The van der Waals surface area contributed by atoms with Gasteiger partial charge in [-0.1, -0.05) is 6.92 Å². The molecule has 0 fully saturated rings. The predicted octanol–water partition coefficient (Wildman–Crippen LogP) is 1.19. The highest BCUT2D eigenvalue weighted by molar-refractivity contribution is 5.80. The van der Waals surface area contributed by atoms with Crippen molar-refractivity contribution in [3.63, 3.8) is 0 Å². The zero-order valence-electron chi connectivity index (χ0n) is 9.03. The van der Waals surface area contributed by atoms with Crippen molar-refractivity contribution in [1.82, 2.24) is 9.88 Å². The van der Waals surface area contributed by atoms with Crippen LogP contribution in [0.25, 0.3) is 0 Å². The molecule has 0 radical (unpaired) electrons. The van der Waals surface area contributed by atoms with Gasteiger partial charge in [0.15, 0.2) is 0 Å². The quantitative estimate of drug-likeness (QED) is 0.802. The van der Waals surface area contributed by atoms with Crippen LogP contribution in [0.2, 0.25) is 0 Å². The number of carbonyl (C=O) groups is 1. The Morgan fingerprint density at radius 2 is 2.47 bits per heavy atom. The second-order valence-electron chi connectivity index (χ2n) is 3.49. The molecule has 1 amide bonds.